The van der Waals surface area contributed by atoms with E-state index in [1.165, 1.54) is 0 Å². The van der Waals surface area contributed by atoms with Gasteiger partial charge in [0.05, 0.1) is 32.0 Å². The second-order valence-corrected chi connectivity index (χ2v) is 7.92. The minimum Gasteiger partial charge on any atom is -0.484 e. The van der Waals surface area contributed by atoms with Crippen molar-refractivity contribution in [1.82, 2.24) is 14.8 Å². The number of hydrogen-bond donors (Lipinski definition) is 0. The standard InChI is InChI=1S/C19H24ClN3O3S/c1-14-9-16(3-4-17(14)20)26-12-19(24)22(2)10-15-13-27-18(21-15)11-23-5-7-25-8-6-23/h3-4,9,13H,5-8,10-12H2,1-2H3. The number of rotatable bonds is 7. The second-order valence-electron chi connectivity index (χ2n) is 6.57. The molecule has 6 nitrogen and oxygen atoms in total. The van der Waals surface area contributed by atoms with Crippen molar-refractivity contribution >= 4 is 28.8 Å². The van der Waals surface area contributed by atoms with E-state index in [-0.39, 0.29) is 12.5 Å². The molecule has 1 aromatic carbocycles. The zero-order valence-electron chi connectivity index (χ0n) is 15.6. The summed E-state index contributed by atoms with van der Waals surface area (Å²) in [5.74, 6) is 0.547. The van der Waals surface area contributed by atoms with Gasteiger partial charge in [-0.3, -0.25) is 9.69 Å². The van der Waals surface area contributed by atoms with Gasteiger partial charge in [-0.1, -0.05) is 11.6 Å². The van der Waals surface area contributed by atoms with Gasteiger partial charge in [-0.15, -0.1) is 11.3 Å². The quantitative estimate of drug-likeness (QED) is 0.703. The molecule has 0 spiro atoms. The van der Waals surface area contributed by atoms with Gasteiger partial charge in [0.15, 0.2) is 6.61 Å². The van der Waals surface area contributed by atoms with Gasteiger partial charge >= 0.3 is 0 Å². The van der Waals surface area contributed by atoms with Crippen molar-refractivity contribution in [2.75, 3.05) is 40.0 Å². The molecule has 1 saturated heterocycles. The number of halogens is 1. The SMILES string of the molecule is Cc1cc(OCC(=O)N(C)Cc2csc(CN3CCOCC3)n2)ccc1Cl. The predicted molar refractivity (Wildman–Crippen MR) is 106 cm³/mol. The molecule has 1 aliphatic heterocycles. The normalized spacial score (nSPS) is 14.9. The lowest BCUT2D eigenvalue weighted by atomic mass is 10.2. The topological polar surface area (TPSA) is 54.9 Å². The smallest absolute Gasteiger partial charge is 0.260 e. The number of likely N-dealkylation sites (N-methyl/N-ethyl adjacent to an activating group) is 1. The lowest BCUT2D eigenvalue weighted by Crippen LogP contribution is -2.35. The fourth-order valence-electron chi connectivity index (χ4n) is 2.74. The fraction of sp³-hybridized carbons (Fsp3) is 0.474. The molecule has 146 valence electrons. The maximum atomic E-state index is 12.3. The van der Waals surface area contributed by atoms with E-state index < -0.39 is 0 Å². The Balaban J connectivity index is 1.46. The zero-order chi connectivity index (χ0) is 19.2. The van der Waals surface area contributed by atoms with Crippen LogP contribution in [0.3, 0.4) is 0 Å². The molecule has 1 fully saturated rings. The van der Waals surface area contributed by atoms with Crippen molar-refractivity contribution in [2.24, 2.45) is 0 Å². The first kappa shape index (κ1) is 20.1. The molecule has 1 amide bonds. The van der Waals surface area contributed by atoms with Crippen LogP contribution in [0.2, 0.25) is 5.02 Å². The van der Waals surface area contributed by atoms with E-state index >= 15 is 0 Å². The molecule has 0 radical (unpaired) electrons. The minimum atomic E-state index is -0.0923. The number of benzene rings is 1. The highest BCUT2D eigenvalue weighted by molar-refractivity contribution is 7.09. The van der Waals surface area contributed by atoms with Crippen molar-refractivity contribution in [3.8, 4) is 5.75 Å². The summed E-state index contributed by atoms with van der Waals surface area (Å²) in [6.45, 7) is 6.64. The van der Waals surface area contributed by atoms with Gasteiger partial charge in [0.1, 0.15) is 10.8 Å². The third-order valence-corrected chi connectivity index (χ3v) is 5.68. The van der Waals surface area contributed by atoms with Gasteiger partial charge in [-0.25, -0.2) is 4.98 Å². The predicted octanol–water partition coefficient (Wildman–Crippen LogP) is 2.97. The van der Waals surface area contributed by atoms with Crippen LogP contribution in [0.25, 0.3) is 0 Å². The Morgan fingerprint density at radius 1 is 1.41 bits per heavy atom. The molecule has 0 saturated carbocycles. The van der Waals surface area contributed by atoms with Crippen LogP contribution in [0, 0.1) is 6.92 Å². The summed E-state index contributed by atoms with van der Waals surface area (Å²) in [7, 11) is 1.76. The monoisotopic (exact) mass is 409 g/mol. The van der Waals surface area contributed by atoms with E-state index in [1.807, 2.05) is 18.4 Å². The highest BCUT2D eigenvalue weighted by Gasteiger charge is 2.15. The second kappa shape index (κ2) is 9.50. The third kappa shape index (κ3) is 5.90. The summed E-state index contributed by atoms with van der Waals surface area (Å²) in [4.78, 5) is 20.9. The van der Waals surface area contributed by atoms with Crippen LogP contribution in [0.5, 0.6) is 5.75 Å². The summed E-state index contributed by atoms with van der Waals surface area (Å²) in [5, 5.41) is 3.77. The highest BCUT2D eigenvalue weighted by Crippen LogP contribution is 2.21. The molecule has 0 bridgehead atoms. The number of nitrogens with zero attached hydrogens (tertiary/aromatic N) is 3. The molecule has 8 heteroatoms. The number of carbonyl (C=O) groups is 1. The molecular weight excluding hydrogens is 386 g/mol. The summed E-state index contributed by atoms with van der Waals surface area (Å²) in [5.41, 5.74) is 1.83. The van der Waals surface area contributed by atoms with E-state index in [4.69, 9.17) is 21.1 Å². The van der Waals surface area contributed by atoms with Crippen molar-refractivity contribution in [1.29, 1.82) is 0 Å². The maximum absolute atomic E-state index is 12.3. The van der Waals surface area contributed by atoms with Crippen LogP contribution >= 0.6 is 22.9 Å². The van der Waals surface area contributed by atoms with Crippen molar-refractivity contribution < 1.29 is 14.3 Å². The summed E-state index contributed by atoms with van der Waals surface area (Å²) < 4.78 is 10.9. The molecule has 2 aromatic rings. The van der Waals surface area contributed by atoms with Crippen molar-refractivity contribution in [3.05, 3.63) is 44.9 Å². The van der Waals surface area contributed by atoms with E-state index in [1.54, 1.807) is 35.4 Å². The minimum absolute atomic E-state index is 0.0116. The van der Waals surface area contributed by atoms with E-state index in [2.05, 4.69) is 9.88 Å². The molecule has 0 aliphatic carbocycles. The Morgan fingerprint density at radius 3 is 2.93 bits per heavy atom. The molecule has 0 N–H and O–H groups in total. The first-order valence-corrected chi connectivity index (χ1v) is 10.1. The lowest BCUT2D eigenvalue weighted by molar-refractivity contribution is -0.132. The van der Waals surface area contributed by atoms with E-state index in [0.717, 1.165) is 49.1 Å². The number of carbonyl (C=O) groups excluding carboxylic acids is 1. The largest absolute Gasteiger partial charge is 0.484 e. The fourth-order valence-corrected chi connectivity index (χ4v) is 3.68. The number of morpholine rings is 1. The Kier molecular flexibility index (Phi) is 7.07. The number of aryl methyl sites for hydroxylation is 1. The van der Waals surface area contributed by atoms with E-state index in [9.17, 15) is 4.79 Å². The molecule has 2 heterocycles. The van der Waals surface area contributed by atoms with Crippen LogP contribution in [-0.4, -0.2) is 60.6 Å². The van der Waals surface area contributed by atoms with Gasteiger partial charge in [0.2, 0.25) is 0 Å². The Morgan fingerprint density at radius 2 is 2.19 bits per heavy atom. The average molecular weight is 410 g/mol. The van der Waals surface area contributed by atoms with Crippen LogP contribution in [0.4, 0.5) is 0 Å². The zero-order valence-corrected chi connectivity index (χ0v) is 17.2. The number of aromatic nitrogens is 1. The van der Waals surface area contributed by atoms with Gasteiger partial charge in [-0.05, 0) is 30.7 Å². The van der Waals surface area contributed by atoms with Crippen LogP contribution < -0.4 is 4.74 Å². The van der Waals surface area contributed by atoms with Gasteiger partial charge in [-0.2, -0.15) is 0 Å². The third-order valence-electron chi connectivity index (χ3n) is 4.38. The Labute approximate surface area is 168 Å². The first-order chi connectivity index (χ1) is 13.0. The first-order valence-electron chi connectivity index (χ1n) is 8.87. The molecule has 3 rings (SSSR count). The van der Waals surface area contributed by atoms with Crippen molar-refractivity contribution in [2.45, 2.75) is 20.0 Å². The highest BCUT2D eigenvalue weighted by atomic mass is 35.5. The van der Waals surface area contributed by atoms with E-state index in [0.29, 0.717) is 17.3 Å². The number of ether oxygens (including phenoxy) is 2. The molecular formula is C19H24ClN3O3S. The molecule has 0 unspecified atom stereocenters. The average Bonchev–Trinajstić information content (AvgIpc) is 3.10. The summed E-state index contributed by atoms with van der Waals surface area (Å²) in [6, 6.07) is 5.36. The van der Waals surface area contributed by atoms with Crippen LogP contribution in [0.15, 0.2) is 23.6 Å². The van der Waals surface area contributed by atoms with Crippen LogP contribution in [-0.2, 0) is 22.6 Å². The summed E-state index contributed by atoms with van der Waals surface area (Å²) in [6.07, 6.45) is 0. The van der Waals surface area contributed by atoms with Gasteiger partial charge in [0.25, 0.3) is 5.91 Å². The lowest BCUT2D eigenvalue weighted by Gasteiger charge is -2.25. The Bertz CT molecular complexity index is 777. The molecule has 0 atom stereocenters. The van der Waals surface area contributed by atoms with Gasteiger partial charge in [0, 0.05) is 30.5 Å². The Hall–Kier alpha value is -1.67. The number of thiazole rings is 1. The van der Waals surface area contributed by atoms with Crippen molar-refractivity contribution in [3.63, 3.8) is 0 Å². The van der Waals surface area contributed by atoms with Gasteiger partial charge < -0.3 is 14.4 Å². The molecule has 1 aromatic heterocycles. The number of amides is 1. The number of hydrogen-bond acceptors (Lipinski definition) is 6. The summed E-state index contributed by atoms with van der Waals surface area (Å²) >= 11 is 7.64. The molecule has 1 aliphatic rings. The van der Waals surface area contributed by atoms with Crippen LogP contribution in [0.1, 0.15) is 16.3 Å². The maximum Gasteiger partial charge on any atom is 0.260 e. The molecule has 27 heavy (non-hydrogen) atoms.